The fraction of sp³-hybridized carbons (Fsp3) is 0.500. The Kier molecular flexibility index (Phi) is 3.48. The third-order valence-corrected chi connectivity index (χ3v) is 3.86. The van der Waals surface area contributed by atoms with Gasteiger partial charge in [0.2, 0.25) is 0 Å². The maximum Gasteiger partial charge on any atom is 0.133 e. The SMILES string of the molecule is CC(=NO)C(O)(c1ccccc1)C1CCCC1. The van der Waals surface area contributed by atoms with Gasteiger partial charge in [-0.1, -0.05) is 48.3 Å². The van der Waals surface area contributed by atoms with E-state index >= 15 is 0 Å². The molecule has 1 fully saturated rings. The quantitative estimate of drug-likeness (QED) is 0.479. The van der Waals surface area contributed by atoms with Crippen LogP contribution in [0.2, 0.25) is 0 Å². The molecule has 92 valence electrons. The molecule has 1 saturated carbocycles. The average molecular weight is 233 g/mol. The Morgan fingerprint density at radius 1 is 1.24 bits per heavy atom. The first-order valence-corrected chi connectivity index (χ1v) is 6.16. The molecule has 3 nitrogen and oxygen atoms in total. The second kappa shape index (κ2) is 4.88. The molecule has 17 heavy (non-hydrogen) atoms. The van der Waals surface area contributed by atoms with E-state index in [1.807, 2.05) is 30.3 Å². The smallest absolute Gasteiger partial charge is 0.133 e. The van der Waals surface area contributed by atoms with E-state index < -0.39 is 5.60 Å². The van der Waals surface area contributed by atoms with Crippen LogP contribution in [-0.2, 0) is 5.60 Å². The van der Waals surface area contributed by atoms with Gasteiger partial charge in [0.25, 0.3) is 0 Å². The van der Waals surface area contributed by atoms with Crippen LogP contribution < -0.4 is 0 Å². The topological polar surface area (TPSA) is 52.8 Å². The van der Waals surface area contributed by atoms with Crippen LogP contribution in [0, 0.1) is 5.92 Å². The molecule has 1 atom stereocenters. The summed E-state index contributed by atoms with van der Waals surface area (Å²) in [6, 6.07) is 9.52. The van der Waals surface area contributed by atoms with Crippen molar-refractivity contribution in [3.8, 4) is 0 Å². The summed E-state index contributed by atoms with van der Waals surface area (Å²) in [5.41, 5.74) is 0.0878. The molecule has 0 saturated heterocycles. The molecule has 1 aromatic rings. The van der Waals surface area contributed by atoms with Crippen LogP contribution in [0.1, 0.15) is 38.2 Å². The number of hydrogen-bond donors (Lipinski definition) is 2. The van der Waals surface area contributed by atoms with Crippen molar-refractivity contribution in [2.75, 3.05) is 0 Å². The molecule has 0 spiro atoms. The average Bonchev–Trinajstić information content (AvgIpc) is 2.92. The molecule has 1 aliphatic carbocycles. The number of hydrogen-bond acceptors (Lipinski definition) is 3. The molecular weight excluding hydrogens is 214 g/mol. The molecule has 2 N–H and O–H groups in total. The lowest BCUT2D eigenvalue weighted by Gasteiger charge is -2.33. The molecule has 0 bridgehead atoms. The number of rotatable bonds is 3. The monoisotopic (exact) mass is 233 g/mol. The fourth-order valence-corrected chi connectivity index (χ4v) is 2.85. The van der Waals surface area contributed by atoms with Gasteiger partial charge in [0.05, 0.1) is 5.71 Å². The third kappa shape index (κ3) is 2.07. The van der Waals surface area contributed by atoms with Gasteiger partial charge in [0.1, 0.15) is 5.60 Å². The van der Waals surface area contributed by atoms with Crippen molar-refractivity contribution in [2.45, 2.75) is 38.2 Å². The second-order valence-electron chi connectivity index (χ2n) is 4.80. The summed E-state index contributed by atoms with van der Waals surface area (Å²) < 4.78 is 0. The first kappa shape index (κ1) is 12.1. The molecule has 1 aliphatic rings. The minimum Gasteiger partial charge on any atom is -0.411 e. The molecular formula is C14H19NO2. The van der Waals surface area contributed by atoms with E-state index in [4.69, 9.17) is 5.21 Å². The van der Waals surface area contributed by atoms with Crippen LogP contribution >= 0.6 is 0 Å². The van der Waals surface area contributed by atoms with Gasteiger partial charge in [-0.05, 0) is 31.2 Å². The molecule has 2 rings (SSSR count). The predicted molar refractivity (Wildman–Crippen MR) is 67.2 cm³/mol. The largest absolute Gasteiger partial charge is 0.411 e. The Hall–Kier alpha value is -1.35. The second-order valence-corrected chi connectivity index (χ2v) is 4.80. The van der Waals surface area contributed by atoms with E-state index in [-0.39, 0.29) is 5.92 Å². The summed E-state index contributed by atoms with van der Waals surface area (Å²) in [4.78, 5) is 0. The Balaban J connectivity index is 2.43. The lowest BCUT2D eigenvalue weighted by atomic mass is 9.77. The molecule has 0 aromatic heterocycles. The third-order valence-electron chi connectivity index (χ3n) is 3.86. The molecule has 0 amide bonds. The first-order chi connectivity index (χ1) is 8.19. The van der Waals surface area contributed by atoms with Crippen LogP contribution in [-0.4, -0.2) is 16.0 Å². The number of nitrogens with zero attached hydrogens (tertiary/aromatic N) is 1. The standard InChI is InChI=1S/C14H19NO2/c1-11(15-17)14(16,13-9-5-6-10-13)12-7-3-2-4-8-12/h2-4,7-8,13,16-17H,5-6,9-10H2,1H3. The van der Waals surface area contributed by atoms with Gasteiger partial charge in [0, 0.05) is 0 Å². The maximum atomic E-state index is 11.0. The Morgan fingerprint density at radius 2 is 1.82 bits per heavy atom. The van der Waals surface area contributed by atoms with Gasteiger partial charge in [-0.2, -0.15) is 0 Å². The van der Waals surface area contributed by atoms with E-state index in [2.05, 4.69) is 5.16 Å². The van der Waals surface area contributed by atoms with Gasteiger partial charge in [-0.15, -0.1) is 0 Å². The Bertz CT molecular complexity index is 396. The van der Waals surface area contributed by atoms with Crippen molar-refractivity contribution < 1.29 is 10.3 Å². The lowest BCUT2D eigenvalue weighted by Crippen LogP contribution is -2.40. The number of oxime groups is 1. The highest BCUT2D eigenvalue weighted by molar-refractivity contribution is 5.91. The van der Waals surface area contributed by atoms with E-state index in [0.29, 0.717) is 5.71 Å². The van der Waals surface area contributed by atoms with Crippen molar-refractivity contribution in [2.24, 2.45) is 11.1 Å². The van der Waals surface area contributed by atoms with E-state index in [0.717, 1.165) is 31.2 Å². The lowest BCUT2D eigenvalue weighted by molar-refractivity contribution is 0.0435. The summed E-state index contributed by atoms with van der Waals surface area (Å²) in [5, 5.41) is 23.2. The molecule has 1 aromatic carbocycles. The van der Waals surface area contributed by atoms with Crippen molar-refractivity contribution in [3.05, 3.63) is 35.9 Å². The first-order valence-electron chi connectivity index (χ1n) is 6.16. The van der Waals surface area contributed by atoms with Gasteiger partial charge >= 0.3 is 0 Å². The van der Waals surface area contributed by atoms with E-state index in [1.54, 1.807) is 6.92 Å². The van der Waals surface area contributed by atoms with Crippen molar-refractivity contribution in [3.63, 3.8) is 0 Å². The van der Waals surface area contributed by atoms with Crippen molar-refractivity contribution >= 4 is 5.71 Å². The Morgan fingerprint density at radius 3 is 2.35 bits per heavy atom. The minimum absolute atomic E-state index is 0.154. The predicted octanol–water partition coefficient (Wildman–Crippen LogP) is 2.91. The Labute approximate surface area is 102 Å². The van der Waals surface area contributed by atoms with E-state index in [9.17, 15) is 5.11 Å². The minimum atomic E-state index is -1.12. The summed E-state index contributed by atoms with van der Waals surface area (Å²) in [7, 11) is 0. The molecule has 0 radical (unpaired) electrons. The van der Waals surface area contributed by atoms with Crippen LogP contribution in [0.15, 0.2) is 35.5 Å². The van der Waals surface area contributed by atoms with E-state index in [1.165, 1.54) is 0 Å². The highest BCUT2D eigenvalue weighted by Gasteiger charge is 2.42. The summed E-state index contributed by atoms with van der Waals surface area (Å²) in [6.07, 6.45) is 4.24. The molecule has 1 unspecified atom stereocenters. The summed E-state index contributed by atoms with van der Waals surface area (Å²) >= 11 is 0. The normalized spacial score (nSPS) is 21.4. The summed E-state index contributed by atoms with van der Waals surface area (Å²) in [6.45, 7) is 1.69. The highest BCUT2D eigenvalue weighted by Crippen LogP contribution is 2.41. The van der Waals surface area contributed by atoms with Crippen LogP contribution in [0.4, 0.5) is 0 Å². The number of aliphatic hydroxyl groups is 1. The summed E-state index contributed by atoms with van der Waals surface area (Å²) in [5.74, 6) is 0.154. The zero-order valence-corrected chi connectivity index (χ0v) is 10.1. The molecule has 0 heterocycles. The maximum absolute atomic E-state index is 11.0. The molecule has 3 heteroatoms. The van der Waals surface area contributed by atoms with Crippen LogP contribution in [0.5, 0.6) is 0 Å². The zero-order valence-electron chi connectivity index (χ0n) is 10.1. The van der Waals surface area contributed by atoms with Gasteiger partial charge in [0.15, 0.2) is 0 Å². The fourth-order valence-electron chi connectivity index (χ4n) is 2.85. The van der Waals surface area contributed by atoms with Gasteiger partial charge in [-0.25, -0.2) is 0 Å². The van der Waals surface area contributed by atoms with Crippen LogP contribution in [0.25, 0.3) is 0 Å². The van der Waals surface area contributed by atoms with Crippen molar-refractivity contribution in [1.29, 1.82) is 0 Å². The van der Waals surface area contributed by atoms with Crippen molar-refractivity contribution in [1.82, 2.24) is 0 Å². The van der Waals surface area contributed by atoms with Gasteiger partial charge < -0.3 is 10.3 Å². The zero-order chi connectivity index (χ0) is 12.3. The number of benzene rings is 1. The van der Waals surface area contributed by atoms with Crippen LogP contribution in [0.3, 0.4) is 0 Å². The molecule has 0 aliphatic heterocycles. The van der Waals surface area contributed by atoms with Gasteiger partial charge in [-0.3, -0.25) is 0 Å². The highest BCUT2D eigenvalue weighted by atomic mass is 16.4.